The van der Waals surface area contributed by atoms with E-state index in [4.69, 9.17) is 5.11 Å². The first-order valence-electron chi connectivity index (χ1n) is 4.39. The largest absolute Gasteiger partial charge is 0.465 e. The van der Waals surface area contributed by atoms with Crippen LogP contribution in [0.3, 0.4) is 0 Å². The number of hydrogen-bond acceptors (Lipinski definition) is 2. The molecular weight excluding hydrogens is 156 g/mol. The first kappa shape index (κ1) is 11.2. The SMILES string of the molecule is CCN(CC)CCCNC(=O)O. The lowest BCUT2D eigenvalue weighted by molar-refractivity contribution is 0.193. The minimum Gasteiger partial charge on any atom is -0.465 e. The van der Waals surface area contributed by atoms with E-state index in [9.17, 15) is 4.79 Å². The second kappa shape index (κ2) is 6.91. The van der Waals surface area contributed by atoms with Crippen molar-refractivity contribution in [2.75, 3.05) is 26.2 Å². The molecule has 0 aliphatic rings. The van der Waals surface area contributed by atoms with E-state index >= 15 is 0 Å². The van der Waals surface area contributed by atoms with Crippen molar-refractivity contribution in [3.63, 3.8) is 0 Å². The Bertz CT molecular complexity index is 124. The summed E-state index contributed by atoms with van der Waals surface area (Å²) in [5.74, 6) is 0. The van der Waals surface area contributed by atoms with E-state index < -0.39 is 6.09 Å². The predicted molar refractivity (Wildman–Crippen MR) is 48.4 cm³/mol. The van der Waals surface area contributed by atoms with Crippen molar-refractivity contribution in [2.24, 2.45) is 0 Å². The van der Waals surface area contributed by atoms with Gasteiger partial charge in [0.1, 0.15) is 0 Å². The van der Waals surface area contributed by atoms with Crippen LogP contribution in [0.15, 0.2) is 0 Å². The summed E-state index contributed by atoms with van der Waals surface area (Å²) in [5, 5.41) is 10.6. The Hall–Kier alpha value is -0.770. The number of rotatable bonds is 6. The molecule has 0 bridgehead atoms. The fraction of sp³-hybridized carbons (Fsp3) is 0.875. The van der Waals surface area contributed by atoms with Crippen molar-refractivity contribution in [1.82, 2.24) is 10.2 Å². The van der Waals surface area contributed by atoms with Gasteiger partial charge in [-0.2, -0.15) is 0 Å². The molecule has 4 nitrogen and oxygen atoms in total. The third-order valence-electron chi connectivity index (χ3n) is 1.82. The molecule has 0 heterocycles. The van der Waals surface area contributed by atoms with E-state index in [0.29, 0.717) is 6.54 Å². The van der Waals surface area contributed by atoms with Gasteiger partial charge < -0.3 is 15.3 Å². The smallest absolute Gasteiger partial charge is 0.404 e. The molecule has 0 spiro atoms. The average Bonchev–Trinajstić information content (AvgIpc) is 2.04. The van der Waals surface area contributed by atoms with Gasteiger partial charge in [0.25, 0.3) is 0 Å². The third-order valence-corrected chi connectivity index (χ3v) is 1.82. The van der Waals surface area contributed by atoms with Crippen molar-refractivity contribution < 1.29 is 9.90 Å². The van der Waals surface area contributed by atoms with Gasteiger partial charge in [0.2, 0.25) is 0 Å². The fourth-order valence-corrected chi connectivity index (χ4v) is 1.04. The second-order valence-electron chi connectivity index (χ2n) is 2.61. The van der Waals surface area contributed by atoms with Crippen LogP contribution in [0.1, 0.15) is 20.3 Å². The Kier molecular flexibility index (Phi) is 6.47. The fourth-order valence-electron chi connectivity index (χ4n) is 1.04. The summed E-state index contributed by atoms with van der Waals surface area (Å²) in [6, 6.07) is 0. The van der Waals surface area contributed by atoms with Crippen LogP contribution in [0.4, 0.5) is 4.79 Å². The molecule has 0 saturated carbocycles. The number of carboxylic acid groups (broad SMARTS) is 1. The molecule has 72 valence electrons. The van der Waals surface area contributed by atoms with E-state index in [2.05, 4.69) is 24.1 Å². The van der Waals surface area contributed by atoms with E-state index in [1.807, 2.05) is 0 Å². The first-order valence-corrected chi connectivity index (χ1v) is 4.39. The lowest BCUT2D eigenvalue weighted by Gasteiger charge is -2.17. The molecule has 0 aromatic rings. The van der Waals surface area contributed by atoms with Crippen LogP contribution in [-0.2, 0) is 0 Å². The van der Waals surface area contributed by atoms with Crippen LogP contribution >= 0.6 is 0 Å². The highest BCUT2D eigenvalue weighted by Gasteiger charge is 1.98. The molecule has 0 radical (unpaired) electrons. The molecule has 0 saturated heterocycles. The molecule has 0 rings (SSSR count). The topological polar surface area (TPSA) is 52.6 Å². The Balaban J connectivity index is 3.23. The molecule has 0 aliphatic carbocycles. The molecule has 2 N–H and O–H groups in total. The standard InChI is InChI=1S/C8H18N2O2/c1-3-10(4-2)7-5-6-9-8(11)12/h9H,3-7H2,1-2H3,(H,11,12). The number of nitrogens with one attached hydrogen (secondary N) is 1. The molecule has 0 fully saturated rings. The zero-order valence-corrected chi connectivity index (χ0v) is 7.84. The maximum atomic E-state index is 10.1. The average molecular weight is 174 g/mol. The molecule has 0 aromatic heterocycles. The van der Waals surface area contributed by atoms with Crippen LogP contribution in [-0.4, -0.2) is 42.3 Å². The summed E-state index contributed by atoms with van der Waals surface area (Å²) in [4.78, 5) is 12.3. The lowest BCUT2D eigenvalue weighted by atomic mass is 10.3. The van der Waals surface area contributed by atoms with Crippen molar-refractivity contribution in [3.05, 3.63) is 0 Å². The lowest BCUT2D eigenvalue weighted by Crippen LogP contribution is -2.28. The summed E-state index contributed by atoms with van der Waals surface area (Å²) >= 11 is 0. The molecule has 0 aliphatic heterocycles. The second-order valence-corrected chi connectivity index (χ2v) is 2.61. The Labute approximate surface area is 73.6 Å². The summed E-state index contributed by atoms with van der Waals surface area (Å²) in [7, 11) is 0. The molecule has 12 heavy (non-hydrogen) atoms. The van der Waals surface area contributed by atoms with Crippen LogP contribution in [0.25, 0.3) is 0 Å². The predicted octanol–water partition coefficient (Wildman–Crippen LogP) is 0.986. The van der Waals surface area contributed by atoms with Crippen LogP contribution in [0.5, 0.6) is 0 Å². The van der Waals surface area contributed by atoms with E-state index in [0.717, 1.165) is 26.1 Å². The van der Waals surface area contributed by atoms with Gasteiger partial charge in [-0.3, -0.25) is 0 Å². The summed E-state index contributed by atoms with van der Waals surface area (Å²) in [5.41, 5.74) is 0. The maximum absolute atomic E-state index is 10.1. The zero-order valence-electron chi connectivity index (χ0n) is 7.84. The zero-order chi connectivity index (χ0) is 9.40. The molecular formula is C8H18N2O2. The highest BCUT2D eigenvalue weighted by molar-refractivity contribution is 5.64. The highest BCUT2D eigenvalue weighted by atomic mass is 16.4. The maximum Gasteiger partial charge on any atom is 0.404 e. The Morgan fingerprint density at radius 3 is 2.42 bits per heavy atom. The number of nitrogens with zero attached hydrogens (tertiary/aromatic N) is 1. The number of carbonyl (C=O) groups is 1. The monoisotopic (exact) mass is 174 g/mol. The van der Waals surface area contributed by atoms with Crippen LogP contribution in [0.2, 0.25) is 0 Å². The van der Waals surface area contributed by atoms with E-state index in [-0.39, 0.29) is 0 Å². The Morgan fingerprint density at radius 1 is 1.42 bits per heavy atom. The van der Waals surface area contributed by atoms with Crippen molar-refractivity contribution in [3.8, 4) is 0 Å². The summed E-state index contributed by atoms with van der Waals surface area (Å²) < 4.78 is 0. The van der Waals surface area contributed by atoms with Gasteiger partial charge in [0.05, 0.1) is 0 Å². The molecule has 0 aromatic carbocycles. The molecule has 4 heteroatoms. The molecule has 0 unspecified atom stereocenters. The number of hydrogen-bond donors (Lipinski definition) is 2. The van der Waals surface area contributed by atoms with Crippen LogP contribution < -0.4 is 5.32 Å². The van der Waals surface area contributed by atoms with Crippen molar-refractivity contribution in [2.45, 2.75) is 20.3 Å². The minimum atomic E-state index is -0.936. The molecule has 0 atom stereocenters. The number of amides is 1. The van der Waals surface area contributed by atoms with Gasteiger partial charge in [-0.15, -0.1) is 0 Å². The van der Waals surface area contributed by atoms with Gasteiger partial charge in [0.15, 0.2) is 0 Å². The quantitative estimate of drug-likeness (QED) is 0.590. The molecule has 1 amide bonds. The van der Waals surface area contributed by atoms with Gasteiger partial charge in [0, 0.05) is 6.54 Å². The van der Waals surface area contributed by atoms with Gasteiger partial charge in [-0.1, -0.05) is 13.8 Å². The van der Waals surface area contributed by atoms with Crippen molar-refractivity contribution >= 4 is 6.09 Å². The van der Waals surface area contributed by atoms with Crippen LogP contribution in [0, 0.1) is 0 Å². The normalized spacial score (nSPS) is 10.2. The van der Waals surface area contributed by atoms with Gasteiger partial charge >= 0.3 is 6.09 Å². The van der Waals surface area contributed by atoms with Gasteiger partial charge in [-0.25, -0.2) is 4.79 Å². The third kappa shape index (κ3) is 5.97. The Morgan fingerprint density at radius 2 is 2.00 bits per heavy atom. The first-order chi connectivity index (χ1) is 5.70. The summed E-state index contributed by atoms with van der Waals surface area (Å²) in [6.07, 6.45) is -0.0527. The minimum absolute atomic E-state index is 0.547. The van der Waals surface area contributed by atoms with E-state index in [1.165, 1.54) is 0 Å². The van der Waals surface area contributed by atoms with Crippen molar-refractivity contribution in [1.29, 1.82) is 0 Å². The summed E-state index contributed by atoms with van der Waals surface area (Å²) in [6.45, 7) is 7.79. The van der Waals surface area contributed by atoms with Gasteiger partial charge in [-0.05, 0) is 26.1 Å². The highest BCUT2D eigenvalue weighted by Crippen LogP contribution is 1.88. The van der Waals surface area contributed by atoms with E-state index in [1.54, 1.807) is 0 Å².